The third-order valence-corrected chi connectivity index (χ3v) is 4.50. The molecule has 4 nitrogen and oxygen atoms in total. The van der Waals surface area contributed by atoms with Crippen LogP contribution in [0.5, 0.6) is 0 Å². The Bertz CT molecular complexity index is 687. The van der Waals surface area contributed by atoms with Crippen molar-refractivity contribution in [1.29, 1.82) is 0 Å². The van der Waals surface area contributed by atoms with E-state index in [1.807, 2.05) is 25.1 Å². The van der Waals surface area contributed by atoms with Gasteiger partial charge in [0.15, 0.2) is 0 Å². The van der Waals surface area contributed by atoms with Crippen LogP contribution in [0.4, 0.5) is 11.4 Å². The topological polar surface area (TPSA) is 54.0 Å². The minimum atomic E-state index is 0.0158. The van der Waals surface area contributed by atoms with Crippen molar-refractivity contribution in [3.63, 3.8) is 0 Å². The molecule has 0 bridgehead atoms. The number of pyridine rings is 1. The Hall–Kier alpha value is -1.88. The van der Waals surface area contributed by atoms with Gasteiger partial charge in [0.2, 0.25) is 5.91 Å². The molecule has 1 atom stereocenters. The molecule has 2 heterocycles. The monoisotopic (exact) mass is 345 g/mol. The van der Waals surface area contributed by atoms with Crippen LogP contribution < -0.4 is 10.6 Å². The number of halogens is 1. The number of carbonyl (C=O) groups excluding carboxylic acids is 1. The number of nitrogens with one attached hydrogen (secondary N) is 2. The number of para-hydroxylation sites is 1. The molecule has 0 spiro atoms. The second kappa shape index (κ2) is 5.85. The number of carbonyl (C=O) groups is 1. The van der Waals surface area contributed by atoms with E-state index in [1.165, 1.54) is 5.56 Å². The lowest BCUT2D eigenvalue weighted by molar-refractivity contribution is -0.116. The number of aryl methyl sites for hydroxylation is 1. The first-order chi connectivity index (χ1) is 10.1. The fourth-order valence-corrected chi connectivity index (χ4v) is 2.82. The molecule has 1 unspecified atom stereocenters. The minimum absolute atomic E-state index is 0.0158. The summed E-state index contributed by atoms with van der Waals surface area (Å²) in [5.74, 6) is 0.243. The number of nitrogens with zero attached hydrogens (tertiary/aromatic N) is 1. The minimum Gasteiger partial charge on any atom is -0.384 e. The van der Waals surface area contributed by atoms with Gasteiger partial charge in [-0.2, -0.15) is 0 Å². The highest BCUT2D eigenvalue weighted by atomic mass is 79.9. The maximum Gasteiger partial charge on any atom is 0.225 e. The molecule has 108 valence electrons. The standard InChI is InChI=1S/C16H16BrN3O/c1-10-6-12(9-19-16(10)17)20-15(21)7-11-8-18-14-5-3-2-4-13(11)14/h2-6,9,11,18H,7-8H2,1H3,(H,20,21). The molecule has 2 aromatic rings. The lowest BCUT2D eigenvalue weighted by Gasteiger charge is -2.11. The van der Waals surface area contributed by atoms with Gasteiger partial charge in [-0.1, -0.05) is 18.2 Å². The molecule has 0 radical (unpaired) electrons. The van der Waals surface area contributed by atoms with Crippen molar-refractivity contribution in [2.75, 3.05) is 17.2 Å². The van der Waals surface area contributed by atoms with E-state index in [0.717, 1.165) is 28.1 Å². The second-order valence-corrected chi connectivity index (χ2v) is 6.00. The van der Waals surface area contributed by atoms with Gasteiger partial charge < -0.3 is 10.6 Å². The van der Waals surface area contributed by atoms with Gasteiger partial charge in [-0.3, -0.25) is 4.79 Å². The number of benzene rings is 1. The first-order valence-electron chi connectivity index (χ1n) is 6.88. The van der Waals surface area contributed by atoms with Gasteiger partial charge in [-0.05, 0) is 46.1 Å². The molecule has 0 fully saturated rings. The average molecular weight is 346 g/mol. The van der Waals surface area contributed by atoms with Crippen molar-refractivity contribution in [1.82, 2.24) is 4.98 Å². The first kappa shape index (κ1) is 14.1. The number of hydrogen-bond acceptors (Lipinski definition) is 3. The van der Waals surface area contributed by atoms with Gasteiger partial charge in [-0.15, -0.1) is 0 Å². The average Bonchev–Trinajstić information content (AvgIpc) is 2.86. The Balaban J connectivity index is 1.66. The van der Waals surface area contributed by atoms with Crippen LogP contribution in [0, 0.1) is 6.92 Å². The molecule has 3 rings (SSSR count). The number of anilines is 2. The lowest BCUT2D eigenvalue weighted by atomic mass is 9.97. The quantitative estimate of drug-likeness (QED) is 0.834. The third-order valence-electron chi connectivity index (χ3n) is 3.67. The number of fused-ring (bicyclic) bond motifs is 1. The maximum absolute atomic E-state index is 12.2. The molecule has 0 saturated heterocycles. The van der Waals surface area contributed by atoms with Crippen LogP contribution in [0.15, 0.2) is 41.1 Å². The molecular weight excluding hydrogens is 330 g/mol. The fraction of sp³-hybridized carbons (Fsp3) is 0.250. The Labute approximate surface area is 132 Å². The summed E-state index contributed by atoms with van der Waals surface area (Å²) in [6, 6.07) is 10.1. The normalized spacial score (nSPS) is 16.2. The van der Waals surface area contributed by atoms with Crippen LogP contribution in [-0.4, -0.2) is 17.4 Å². The van der Waals surface area contributed by atoms with E-state index in [2.05, 4.69) is 43.7 Å². The highest BCUT2D eigenvalue weighted by Gasteiger charge is 2.23. The van der Waals surface area contributed by atoms with Crippen LogP contribution in [0.3, 0.4) is 0 Å². The Morgan fingerprint density at radius 3 is 3.10 bits per heavy atom. The molecule has 0 saturated carbocycles. The SMILES string of the molecule is Cc1cc(NC(=O)CC2CNc3ccccc32)cnc1Br. The van der Waals surface area contributed by atoms with Crippen molar-refractivity contribution in [3.05, 3.63) is 52.3 Å². The summed E-state index contributed by atoms with van der Waals surface area (Å²) in [6.07, 6.45) is 2.13. The summed E-state index contributed by atoms with van der Waals surface area (Å²) in [6.45, 7) is 2.76. The summed E-state index contributed by atoms with van der Waals surface area (Å²) >= 11 is 3.35. The zero-order chi connectivity index (χ0) is 14.8. The van der Waals surface area contributed by atoms with Gasteiger partial charge in [0.1, 0.15) is 4.60 Å². The highest BCUT2D eigenvalue weighted by molar-refractivity contribution is 9.10. The number of amides is 1. The van der Waals surface area contributed by atoms with Gasteiger partial charge >= 0.3 is 0 Å². The van der Waals surface area contributed by atoms with Crippen LogP contribution in [-0.2, 0) is 4.79 Å². The summed E-state index contributed by atoms with van der Waals surface area (Å²) < 4.78 is 0.800. The molecule has 5 heteroatoms. The van der Waals surface area contributed by atoms with Crippen molar-refractivity contribution >= 4 is 33.2 Å². The number of hydrogen-bond donors (Lipinski definition) is 2. The Kier molecular flexibility index (Phi) is 3.92. The summed E-state index contributed by atoms with van der Waals surface area (Å²) in [7, 11) is 0. The molecule has 21 heavy (non-hydrogen) atoms. The first-order valence-corrected chi connectivity index (χ1v) is 7.67. The van der Waals surface area contributed by atoms with Crippen molar-refractivity contribution < 1.29 is 4.79 Å². The Morgan fingerprint density at radius 1 is 1.48 bits per heavy atom. The molecule has 1 aromatic heterocycles. The zero-order valence-electron chi connectivity index (χ0n) is 11.7. The smallest absolute Gasteiger partial charge is 0.225 e. The van der Waals surface area contributed by atoms with Gasteiger partial charge in [0, 0.05) is 24.6 Å². The van der Waals surface area contributed by atoms with Gasteiger partial charge in [0.25, 0.3) is 0 Å². The number of rotatable bonds is 3. The van der Waals surface area contributed by atoms with E-state index in [9.17, 15) is 4.79 Å². The third kappa shape index (κ3) is 3.08. The Morgan fingerprint density at radius 2 is 2.29 bits per heavy atom. The van der Waals surface area contributed by atoms with Gasteiger partial charge in [0.05, 0.1) is 11.9 Å². The predicted molar refractivity (Wildman–Crippen MR) is 87.6 cm³/mol. The number of aromatic nitrogens is 1. The van der Waals surface area contributed by atoms with Crippen LogP contribution in [0.1, 0.15) is 23.5 Å². The largest absolute Gasteiger partial charge is 0.384 e. The summed E-state index contributed by atoms with van der Waals surface area (Å²) in [4.78, 5) is 16.4. The van der Waals surface area contributed by atoms with E-state index in [0.29, 0.717) is 6.42 Å². The lowest BCUT2D eigenvalue weighted by Crippen LogP contribution is -2.17. The fourth-order valence-electron chi connectivity index (χ4n) is 2.60. The van der Waals surface area contributed by atoms with Crippen LogP contribution >= 0.6 is 15.9 Å². The van der Waals surface area contributed by atoms with Crippen molar-refractivity contribution in [2.24, 2.45) is 0 Å². The highest BCUT2D eigenvalue weighted by Crippen LogP contribution is 2.33. The molecule has 1 amide bonds. The van der Waals surface area contributed by atoms with Crippen LogP contribution in [0.2, 0.25) is 0 Å². The zero-order valence-corrected chi connectivity index (χ0v) is 13.3. The van der Waals surface area contributed by atoms with Gasteiger partial charge in [-0.25, -0.2) is 4.98 Å². The van der Waals surface area contributed by atoms with Crippen molar-refractivity contribution in [2.45, 2.75) is 19.3 Å². The van der Waals surface area contributed by atoms with E-state index >= 15 is 0 Å². The van der Waals surface area contributed by atoms with E-state index in [1.54, 1.807) is 6.20 Å². The molecule has 2 N–H and O–H groups in total. The van der Waals surface area contributed by atoms with E-state index in [-0.39, 0.29) is 11.8 Å². The molecule has 1 aliphatic heterocycles. The van der Waals surface area contributed by atoms with E-state index < -0.39 is 0 Å². The molecule has 1 aromatic carbocycles. The van der Waals surface area contributed by atoms with Crippen LogP contribution in [0.25, 0.3) is 0 Å². The molecule has 0 aliphatic carbocycles. The van der Waals surface area contributed by atoms with E-state index in [4.69, 9.17) is 0 Å². The second-order valence-electron chi connectivity index (χ2n) is 5.25. The summed E-state index contributed by atoms with van der Waals surface area (Å²) in [5.41, 5.74) is 4.09. The molecular formula is C16H16BrN3O. The predicted octanol–water partition coefficient (Wildman–Crippen LogP) is 3.69. The van der Waals surface area contributed by atoms with Crippen molar-refractivity contribution in [3.8, 4) is 0 Å². The maximum atomic E-state index is 12.2. The molecule has 1 aliphatic rings. The summed E-state index contributed by atoms with van der Waals surface area (Å²) in [5, 5.41) is 6.26.